The Balaban J connectivity index is 3.12. The first-order chi connectivity index (χ1) is 10.4. The molecule has 0 aromatic carbocycles. The van der Waals surface area contributed by atoms with Crippen LogP contribution in [0.2, 0.25) is 0 Å². The summed E-state index contributed by atoms with van der Waals surface area (Å²) < 4.78 is 0. The molecule has 21 heavy (non-hydrogen) atoms. The van der Waals surface area contributed by atoms with Gasteiger partial charge in [0.05, 0.1) is 0 Å². The highest BCUT2D eigenvalue weighted by Gasteiger charge is 1.92. The number of allylic oxidation sites excluding steroid dienone is 3. The van der Waals surface area contributed by atoms with E-state index in [4.69, 9.17) is 0 Å². The quantitative estimate of drug-likeness (QED) is 0.164. The molecule has 0 spiro atoms. The summed E-state index contributed by atoms with van der Waals surface area (Å²) in [5.74, 6) is 0. The molecule has 0 nitrogen and oxygen atoms in total. The number of unbranched alkanes of at least 4 members (excludes halogenated alkanes) is 12. The molecule has 0 heterocycles. The molecule has 0 heteroatoms. The van der Waals surface area contributed by atoms with Crippen molar-refractivity contribution in [2.75, 3.05) is 0 Å². The lowest BCUT2D eigenvalue weighted by Crippen LogP contribution is -1.82. The molecule has 0 aromatic rings. The molecule has 0 aliphatic carbocycles. The standard InChI is InChI=1S/C21H38/c1-3-5-7-9-11-13-15-17-19-21-20-18-16-14-12-10-8-6-4-2/h5,7,9,13H,3-4,6,8,10,12,14-21H2,1-2H3/b7-5+. The van der Waals surface area contributed by atoms with E-state index in [1.165, 1.54) is 83.5 Å². The van der Waals surface area contributed by atoms with Gasteiger partial charge in [0.25, 0.3) is 0 Å². The van der Waals surface area contributed by atoms with Gasteiger partial charge < -0.3 is 0 Å². The largest absolute Gasteiger partial charge is 0.125 e. The smallest absolute Gasteiger partial charge is 0.0206 e. The maximum Gasteiger partial charge on any atom is -0.0206 e. The summed E-state index contributed by atoms with van der Waals surface area (Å²) >= 11 is 0. The van der Waals surface area contributed by atoms with Gasteiger partial charge in [-0.15, -0.1) is 5.73 Å². The maximum absolute atomic E-state index is 3.22. The Morgan fingerprint density at radius 1 is 0.667 bits per heavy atom. The first kappa shape index (κ1) is 20.3. The lowest BCUT2D eigenvalue weighted by molar-refractivity contribution is 0.545. The van der Waals surface area contributed by atoms with E-state index in [2.05, 4.69) is 37.8 Å². The molecule has 122 valence electrons. The van der Waals surface area contributed by atoms with Crippen LogP contribution in [0.1, 0.15) is 104 Å². The third-order valence-electron chi connectivity index (χ3n) is 3.88. The third kappa shape index (κ3) is 19.3. The second kappa shape index (κ2) is 19.3. The fourth-order valence-electron chi connectivity index (χ4n) is 2.50. The Hall–Kier alpha value is -0.740. The average molecular weight is 291 g/mol. The molecule has 0 aliphatic heterocycles. The Morgan fingerprint density at radius 3 is 1.71 bits per heavy atom. The minimum atomic E-state index is 1.11. The van der Waals surface area contributed by atoms with Gasteiger partial charge in [0.1, 0.15) is 0 Å². The zero-order valence-corrected chi connectivity index (χ0v) is 14.7. The summed E-state index contributed by atoms with van der Waals surface area (Å²) in [6.07, 6.45) is 27.8. The van der Waals surface area contributed by atoms with Crippen molar-refractivity contribution < 1.29 is 0 Å². The van der Waals surface area contributed by atoms with Gasteiger partial charge >= 0.3 is 0 Å². The molecule has 0 bridgehead atoms. The minimum absolute atomic E-state index is 1.11. The predicted octanol–water partition coefficient (Wildman–Crippen LogP) is 7.76. The van der Waals surface area contributed by atoms with E-state index in [1.807, 2.05) is 6.08 Å². The fourth-order valence-corrected chi connectivity index (χ4v) is 2.50. The van der Waals surface area contributed by atoms with Crippen LogP contribution in [0.15, 0.2) is 30.0 Å². The third-order valence-corrected chi connectivity index (χ3v) is 3.88. The SMILES string of the molecule is CC/C=C/C=C=CCCCCCCCCCCCCCC. The molecule has 0 fully saturated rings. The molecule has 0 amide bonds. The van der Waals surface area contributed by atoms with Gasteiger partial charge in [-0.25, -0.2) is 0 Å². The van der Waals surface area contributed by atoms with E-state index in [1.54, 1.807) is 0 Å². The van der Waals surface area contributed by atoms with Crippen LogP contribution in [0.5, 0.6) is 0 Å². The van der Waals surface area contributed by atoms with Gasteiger partial charge in [0, 0.05) is 0 Å². The van der Waals surface area contributed by atoms with Crippen molar-refractivity contribution in [3.63, 3.8) is 0 Å². The Labute approximate surface area is 134 Å². The van der Waals surface area contributed by atoms with Gasteiger partial charge in [0.15, 0.2) is 0 Å². The van der Waals surface area contributed by atoms with Gasteiger partial charge in [-0.3, -0.25) is 0 Å². The summed E-state index contributed by atoms with van der Waals surface area (Å²) in [7, 11) is 0. The van der Waals surface area contributed by atoms with Crippen LogP contribution in [0.3, 0.4) is 0 Å². The topological polar surface area (TPSA) is 0 Å². The van der Waals surface area contributed by atoms with E-state index in [-0.39, 0.29) is 0 Å². The van der Waals surface area contributed by atoms with Crippen molar-refractivity contribution in [2.24, 2.45) is 0 Å². The molecule has 0 saturated heterocycles. The maximum atomic E-state index is 3.22. The highest BCUT2D eigenvalue weighted by molar-refractivity contribution is 5.01. The van der Waals surface area contributed by atoms with Gasteiger partial charge in [-0.2, -0.15) is 0 Å². The van der Waals surface area contributed by atoms with Gasteiger partial charge in [-0.05, 0) is 31.4 Å². The first-order valence-electron chi connectivity index (χ1n) is 9.47. The van der Waals surface area contributed by atoms with Crippen molar-refractivity contribution in [3.8, 4) is 0 Å². The highest BCUT2D eigenvalue weighted by Crippen LogP contribution is 2.12. The van der Waals surface area contributed by atoms with E-state index in [0.29, 0.717) is 0 Å². The molecule has 0 aromatic heterocycles. The molecule has 0 aliphatic rings. The molecular formula is C21H38. The van der Waals surface area contributed by atoms with Crippen molar-refractivity contribution in [2.45, 2.75) is 104 Å². The molecular weight excluding hydrogens is 252 g/mol. The summed E-state index contributed by atoms with van der Waals surface area (Å²) in [6, 6.07) is 0. The van der Waals surface area contributed by atoms with Crippen LogP contribution < -0.4 is 0 Å². The molecule has 0 radical (unpaired) electrons. The number of hydrogen-bond acceptors (Lipinski definition) is 0. The molecule has 0 saturated carbocycles. The first-order valence-corrected chi connectivity index (χ1v) is 9.47. The minimum Gasteiger partial charge on any atom is -0.125 e. The van der Waals surface area contributed by atoms with E-state index in [0.717, 1.165) is 6.42 Å². The number of hydrogen-bond donors (Lipinski definition) is 0. The van der Waals surface area contributed by atoms with Gasteiger partial charge in [-0.1, -0.05) is 96.6 Å². The zero-order valence-electron chi connectivity index (χ0n) is 14.7. The summed E-state index contributed by atoms with van der Waals surface area (Å²) in [4.78, 5) is 0. The Morgan fingerprint density at radius 2 is 1.19 bits per heavy atom. The normalized spacial score (nSPS) is 10.8. The average Bonchev–Trinajstić information content (AvgIpc) is 2.50. The second-order valence-electron chi connectivity index (χ2n) is 6.05. The zero-order chi connectivity index (χ0) is 15.4. The van der Waals surface area contributed by atoms with E-state index in [9.17, 15) is 0 Å². The van der Waals surface area contributed by atoms with Crippen LogP contribution in [0, 0.1) is 0 Å². The van der Waals surface area contributed by atoms with Crippen LogP contribution in [-0.2, 0) is 0 Å². The fraction of sp³-hybridized carbons (Fsp3) is 0.762. The molecule has 0 unspecified atom stereocenters. The molecule has 0 atom stereocenters. The van der Waals surface area contributed by atoms with E-state index >= 15 is 0 Å². The summed E-state index contributed by atoms with van der Waals surface area (Å²) in [6.45, 7) is 4.44. The lowest BCUT2D eigenvalue weighted by atomic mass is 10.0. The monoisotopic (exact) mass is 290 g/mol. The predicted molar refractivity (Wildman–Crippen MR) is 97.8 cm³/mol. The molecule has 0 N–H and O–H groups in total. The van der Waals surface area contributed by atoms with Crippen molar-refractivity contribution in [3.05, 3.63) is 30.0 Å². The lowest BCUT2D eigenvalue weighted by Gasteiger charge is -2.02. The number of rotatable bonds is 15. The second-order valence-corrected chi connectivity index (χ2v) is 6.05. The van der Waals surface area contributed by atoms with Crippen LogP contribution in [-0.4, -0.2) is 0 Å². The van der Waals surface area contributed by atoms with E-state index < -0.39 is 0 Å². The van der Waals surface area contributed by atoms with Gasteiger partial charge in [0.2, 0.25) is 0 Å². The van der Waals surface area contributed by atoms with Crippen LogP contribution in [0.4, 0.5) is 0 Å². The Bertz CT molecular complexity index is 266. The summed E-state index contributed by atoms with van der Waals surface area (Å²) in [5.41, 5.74) is 3.22. The van der Waals surface area contributed by atoms with Crippen molar-refractivity contribution in [1.82, 2.24) is 0 Å². The van der Waals surface area contributed by atoms with Crippen molar-refractivity contribution >= 4 is 0 Å². The summed E-state index contributed by atoms with van der Waals surface area (Å²) in [5, 5.41) is 0. The molecule has 0 rings (SSSR count). The Kier molecular flexibility index (Phi) is 18.6. The highest BCUT2D eigenvalue weighted by atomic mass is 14.0. The van der Waals surface area contributed by atoms with Crippen molar-refractivity contribution in [1.29, 1.82) is 0 Å². The van der Waals surface area contributed by atoms with Crippen LogP contribution >= 0.6 is 0 Å². The van der Waals surface area contributed by atoms with Crippen LogP contribution in [0.25, 0.3) is 0 Å².